The smallest absolute Gasteiger partial charge is 0.258 e. The van der Waals surface area contributed by atoms with Crippen molar-refractivity contribution in [3.8, 4) is 0 Å². The number of hydrogen-bond donors (Lipinski definition) is 3. The number of piperidine rings is 1. The fourth-order valence-corrected chi connectivity index (χ4v) is 4.87. The average Bonchev–Trinajstić information content (AvgIpc) is 3.23. The number of rotatable bonds is 6. The van der Waals surface area contributed by atoms with Crippen LogP contribution in [-0.2, 0) is 4.79 Å². The van der Waals surface area contributed by atoms with Crippen LogP contribution >= 0.6 is 0 Å². The van der Waals surface area contributed by atoms with Crippen LogP contribution in [0.1, 0.15) is 50.2 Å². The fourth-order valence-electron chi connectivity index (χ4n) is 4.87. The zero-order valence-electron chi connectivity index (χ0n) is 21.0. The first-order chi connectivity index (χ1) is 17.9. The van der Waals surface area contributed by atoms with Crippen LogP contribution in [-0.4, -0.2) is 49.2 Å². The Morgan fingerprint density at radius 1 is 1.00 bits per heavy atom. The van der Waals surface area contributed by atoms with E-state index >= 15 is 0 Å². The summed E-state index contributed by atoms with van der Waals surface area (Å²) in [5.41, 5.74) is 6.06. The summed E-state index contributed by atoms with van der Waals surface area (Å²) in [5, 5.41) is 9.47. The van der Waals surface area contributed by atoms with Crippen molar-refractivity contribution >= 4 is 40.7 Å². The summed E-state index contributed by atoms with van der Waals surface area (Å²) in [5.74, 6) is -0.314. The zero-order chi connectivity index (χ0) is 25.9. The second-order valence-corrected chi connectivity index (χ2v) is 9.70. The van der Waals surface area contributed by atoms with Crippen molar-refractivity contribution in [2.45, 2.75) is 25.8 Å². The molecule has 0 radical (unpaired) electrons. The van der Waals surface area contributed by atoms with Gasteiger partial charge in [0, 0.05) is 34.1 Å². The summed E-state index contributed by atoms with van der Waals surface area (Å²) in [6, 6.07) is 20.7. The van der Waals surface area contributed by atoms with Gasteiger partial charge in [0.25, 0.3) is 11.8 Å². The molecule has 0 unspecified atom stereocenters. The number of benzene rings is 3. The summed E-state index contributed by atoms with van der Waals surface area (Å²) < 4.78 is 0. The predicted octanol–water partition coefficient (Wildman–Crippen LogP) is 4.56. The molecule has 5 rings (SSSR count). The Hall–Kier alpha value is -4.23. The number of aldehydes is 1. The van der Waals surface area contributed by atoms with Gasteiger partial charge in [-0.05, 0) is 87.4 Å². The lowest BCUT2D eigenvalue weighted by Crippen LogP contribution is -2.43. The highest BCUT2D eigenvalue weighted by molar-refractivity contribution is 6.37. The summed E-state index contributed by atoms with van der Waals surface area (Å²) in [6.45, 7) is 3.82. The first kappa shape index (κ1) is 24.5. The minimum atomic E-state index is -0.238. The van der Waals surface area contributed by atoms with Crippen molar-refractivity contribution in [1.82, 2.24) is 10.2 Å². The molecule has 0 bridgehead atoms. The third-order valence-electron chi connectivity index (χ3n) is 7.06. The van der Waals surface area contributed by atoms with Gasteiger partial charge in [0.05, 0.1) is 11.3 Å². The van der Waals surface area contributed by atoms with Gasteiger partial charge < -0.3 is 20.9 Å². The van der Waals surface area contributed by atoms with E-state index in [4.69, 9.17) is 0 Å². The van der Waals surface area contributed by atoms with E-state index in [0.717, 1.165) is 54.6 Å². The minimum absolute atomic E-state index is 0.0757. The molecule has 188 valence electrons. The van der Waals surface area contributed by atoms with Crippen molar-refractivity contribution in [3.63, 3.8) is 0 Å². The molecule has 2 aliphatic rings. The molecule has 2 amide bonds. The molecule has 1 saturated heterocycles. The molecule has 2 heterocycles. The molecule has 3 aromatic carbocycles. The highest BCUT2D eigenvalue weighted by atomic mass is 16.2. The molecular formula is C30H30N4O3. The van der Waals surface area contributed by atoms with Crippen molar-refractivity contribution < 1.29 is 14.4 Å². The third-order valence-corrected chi connectivity index (χ3v) is 7.06. The van der Waals surface area contributed by atoms with Gasteiger partial charge in [0.15, 0.2) is 0 Å². The number of amides is 2. The highest BCUT2D eigenvalue weighted by Gasteiger charge is 2.29. The number of nitrogens with one attached hydrogen (secondary N) is 3. The SMILES string of the molecule is Cc1cc2c(cc1C=O)NC(=O)/C2=C(\Nc1ccc(C(=O)NC2CCN(C)CC2)cc1)c1ccccc1. The van der Waals surface area contributed by atoms with Crippen LogP contribution in [0, 0.1) is 6.92 Å². The number of aryl methyl sites for hydroxylation is 1. The molecule has 3 aromatic rings. The number of likely N-dealkylation sites (tertiary alicyclic amines) is 1. The summed E-state index contributed by atoms with van der Waals surface area (Å²) in [6.07, 6.45) is 2.70. The first-order valence-corrected chi connectivity index (χ1v) is 12.5. The molecule has 0 atom stereocenters. The average molecular weight is 495 g/mol. The molecule has 1 fully saturated rings. The Labute approximate surface area is 216 Å². The molecule has 7 heteroatoms. The van der Waals surface area contributed by atoms with E-state index in [0.29, 0.717) is 28.1 Å². The number of hydrogen-bond acceptors (Lipinski definition) is 5. The molecule has 2 aliphatic heterocycles. The Morgan fingerprint density at radius 3 is 2.38 bits per heavy atom. The van der Waals surface area contributed by atoms with E-state index in [1.54, 1.807) is 18.2 Å². The van der Waals surface area contributed by atoms with Crippen molar-refractivity contribution in [2.24, 2.45) is 0 Å². The maximum Gasteiger partial charge on any atom is 0.258 e. The largest absolute Gasteiger partial charge is 0.354 e. The lowest BCUT2D eigenvalue weighted by Gasteiger charge is -2.29. The monoisotopic (exact) mass is 494 g/mol. The lowest BCUT2D eigenvalue weighted by atomic mass is 9.97. The third kappa shape index (κ3) is 5.17. The van der Waals surface area contributed by atoms with Crippen LogP contribution in [0.25, 0.3) is 11.3 Å². The van der Waals surface area contributed by atoms with Gasteiger partial charge in [-0.15, -0.1) is 0 Å². The molecular weight excluding hydrogens is 464 g/mol. The lowest BCUT2D eigenvalue weighted by molar-refractivity contribution is -0.110. The topological polar surface area (TPSA) is 90.5 Å². The van der Waals surface area contributed by atoms with Crippen LogP contribution in [0.2, 0.25) is 0 Å². The molecule has 0 aromatic heterocycles. The molecule has 0 saturated carbocycles. The van der Waals surface area contributed by atoms with E-state index in [-0.39, 0.29) is 17.9 Å². The van der Waals surface area contributed by atoms with Gasteiger partial charge >= 0.3 is 0 Å². The molecule has 37 heavy (non-hydrogen) atoms. The normalized spacial score (nSPS) is 17.1. The van der Waals surface area contributed by atoms with E-state index in [2.05, 4.69) is 27.9 Å². The van der Waals surface area contributed by atoms with Crippen molar-refractivity contribution in [1.29, 1.82) is 0 Å². The van der Waals surface area contributed by atoms with E-state index in [9.17, 15) is 14.4 Å². The Kier molecular flexibility index (Phi) is 6.88. The van der Waals surface area contributed by atoms with Gasteiger partial charge in [-0.1, -0.05) is 30.3 Å². The number of anilines is 2. The van der Waals surface area contributed by atoms with E-state index in [1.165, 1.54) is 0 Å². The van der Waals surface area contributed by atoms with Gasteiger partial charge in [0.2, 0.25) is 0 Å². The Balaban J connectivity index is 1.44. The summed E-state index contributed by atoms with van der Waals surface area (Å²) in [4.78, 5) is 39.6. The number of carbonyl (C=O) groups is 3. The van der Waals surface area contributed by atoms with Crippen LogP contribution in [0.3, 0.4) is 0 Å². The second kappa shape index (κ2) is 10.4. The number of fused-ring (bicyclic) bond motifs is 1. The van der Waals surface area contributed by atoms with E-state index < -0.39 is 0 Å². The van der Waals surface area contributed by atoms with Crippen LogP contribution < -0.4 is 16.0 Å². The van der Waals surface area contributed by atoms with Crippen molar-refractivity contribution in [2.75, 3.05) is 30.8 Å². The summed E-state index contributed by atoms with van der Waals surface area (Å²) >= 11 is 0. The van der Waals surface area contributed by atoms with Gasteiger partial charge in [-0.25, -0.2) is 0 Å². The van der Waals surface area contributed by atoms with Crippen LogP contribution in [0.5, 0.6) is 0 Å². The summed E-state index contributed by atoms with van der Waals surface area (Å²) in [7, 11) is 2.10. The number of carbonyl (C=O) groups excluding carboxylic acids is 3. The molecule has 0 aliphatic carbocycles. The zero-order valence-corrected chi connectivity index (χ0v) is 21.0. The second-order valence-electron chi connectivity index (χ2n) is 9.70. The number of nitrogens with zero attached hydrogens (tertiary/aromatic N) is 1. The van der Waals surface area contributed by atoms with E-state index in [1.807, 2.05) is 55.5 Å². The maximum absolute atomic E-state index is 13.1. The predicted molar refractivity (Wildman–Crippen MR) is 147 cm³/mol. The standard InChI is InChI=1S/C30H30N4O3/c1-19-16-25-26(17-22(19)18-35)33-30(37)27(25)28(20-6-4-3-5-7-20)31-23-10-8-21(9-11-23)29(36)32-24-12-14-34(2)15-13-24/h3-11,16-18,24,31H,12-15H2,1-2H3,(H,32,36)(H,33,37)/b28-27-. The fraction of sp³-hybridized carbons (Fsp3) is 0.233. The Bertz CT molecular complexity index is 1370. The molecule has 7 nitrogen and oxygen atoms in total. The maximum atomic E-state index is 13.1. The Morgan fingerprint density at radius 2 is 1.70 bits per heavy atom. The van der Waals surface area contributed by atoms with Gasteiger partial charge in [-0.2, -0.15) is 0 Å². The van der Waals surface area contributed by atoms with Crippen molar-refractivity contribution in [3.05, 3.63) is 94.5 Å². The molecule has 0 spiro atoms. The quantitative estimate of drug-likeness (QED) is 0.345. The first-order valence-electron chi connectivity index (χ1n) is 12.5. The molecule has 3 N–H and O–H groups in total. The van der Waals surface area contributed by atoms with Crippen LogP contribution in [0.15, 0.2) is 66.7 Å². The minimum Gasteiger partial charge on any atom is -0.354 e. The van der Waals surface area contributed by atoms with Gasteiger partial charge in [-0.3, -0.25) is 14.4 Å². The highest BCUT2D eigenvalue weighted by Crippen LogP contribution is 2.38. The van der Waals surface area contributed by atoms with Crippen LogP contribution in [0.4, 0.5) is 11.4 Å². The van der Waals surface area contributed by atoms with Gasteiger partial charge in [0.1, 0.15) is 6.29 Å².